The molecular formula is C15H15FN2O4. The maximum atomic E-state index is 13.4. The predicted molar refractivity (Wildman–Crippen MR) is 75.5 cm³/mol. The zero-order chi connectivity index (χ0) is 16.1. The van der Waals surface area contributed by atoms with Crippen LogP contribution >= 0.6 is 0 Å². The zero-order valence-corrected chi connectivity index (χ0v) is 12.1. The average molecular weight is 306 g/mol. The summed E-state index contributed by atoms with van der Waals surface area (Å²) in [7, 11) is 0. The van der Waals surface area contributed by atoms with Crippen LogP contribution in [0.25, 0.3) is 0 Å². The van der Waals surface area contributed by atoms with Gasteiger partial charge in [0.25, 0.3) is 5.91 Å². The van der Waals surface area contributed by atoms with E-state index in [1.165, 1.54) is 31.2 Å². The monoisotopic (exact) mass is 306 g/mol. The number of nitrogens with one attached hydrogen (secondary N) is 2. The Morgan fingerprint density at radius 2 is 1.91 bits per heavy atom. The highest BCUT2D eigenvalue weighted by Crippen LogP contribution is 2.16. The number of amides is 2. The van der Waals surface area contributed by atoms with Crippen molar-refractivity contribution in [3.63, 3.8) is 0 Å². The lowest BCUT2D eigenvalue weighted by Gasteiger charge is -2.15. The molecule has 2 N–H and O–H groups in total. The SMILES string of the molecule is Cc1ccc(C(=O)NNC(=O)C(C)Oc2ccccc2F)o1. The number of furan rings is 1. The van der Waals surface area contributed by atoms with Crippen molar-refractivity contribution >= 4 is 11.8 Å². The third kappa shape index (κ3) is 3.85. The minimum atomic E-state index is -0.990. The molecule has 1 unspecified atom stereocenters. The third-order valence-corrected chi connectivity index (χ3v) is 2.77. The van der Waals surface area contributed by atoms with E-state index < -0.39 is 23.7 Å². The lowest BCUT2D eigenvalue weighted by molar-refractivity contribution is -0.128. The molecular weight excluding hydrogens is 291 g/mol. The molecule has 0 saturated carbocycles. The summed E-state index contributed by atoms with van der Waals surface area (Å²) in [5, 5.41) is 0. The van der Waals surface area contributed by atoms with Crippen LogP contribution in [-0.2, 0) is 4.79 Å². The fourth-order valence-electron chi connectivity index (χ4n) is 1.62. The van der Waals surface area contributed by atoms with Crippen LogP contribution in [0.4, 0.5) is 4.39 Å². The number of para-hydroxylation sites is 1. The molecule has 2 rings (SSSR count). The van der Waals surface area contributed by atoms with Gasteiger partial charge in [-0.15, -0.1) is 0 Å². The fraction of sp³-hybridized carbons (Fsp3) is 0.200. The molecule has 0 aliphatic carbocycles. The van der Waals surface area contributed by atoms with Gasteiger partial charge in [-0.05, 0) is 38.1 Å². The molecule has 2 amide bonds. The highest BCUT2D eigenvalue weighted by atomic mass is 19.1. The molecule has 1 heterocycles. The molecule has 1 aromatic carbocycles. The van der Waals surface area contributed by atoms with E-state index in [2.05, 4.69) is 10.9 Å². The number of hydrogen-bond donors (Lipinski definition) is 2. The molecule has 2 aromatic rings. The highest BCUT2D eigenvalue weighted by molar-refractivity contribution is 5.93. The minimum absolute atomic E-state index is 0.0434. The topological polar surface area (TPSA) is 80.6 Å². The van der Waals surface area contributed by atoms with Gasteiger partial charge >= 0.3 is 5.91 Å². The molecule has 0 spiro atoms. The normalized spacial score (nSPS) is 11.6. The third-order valence-electron chi connectivity index (χ3n) is 2.77. The molecule has 0 fully saturated rings. The molecule has 22 heavy (non-hydrogen) atoms. The Morgan fingerprint density at radius 3 is 2.55 bits per heavy atom. The van der Waals surface area contributed by atoms with Gasteiger partial charge in [-0.1, -0.05) is 12.1 Å². The van der Waals surface area contributed by atoms with Crippen LogP contribution in [0.5, 0.6) is 5.75 Å². The Bertz CT molecular complexity index is 684. The number of hydrogen-bond acceptors (Lipinski definition) is 4. The molecule has 0 bridgehead atoms. The average Bonchev–Trinajstić information content (AvgIpc) is 2.93. The summed E-state index contributed by atoms with van der Waals surface area (Å²) in [5.41, 5.74) is 4.37. The standard InChI is InChI=1S/C15H15FN2O4/c1-9-7-8-13(21-9)15(20)18-17-14(19)10(2)22-12-6-4-3-5-11(12)16/h3-8,10H,1-2H3,(H,17,19)(H,18,20). The molecule has 0 aliphatic heterocycles. The van der Waals surface area contributed by atoms with Gasteiger partial charge in [0.1, 0.15) is 5.76 Å². The number of carbonyl (C=O) groups is 2. The van der Waals surface area contributed by atoms with Crippen LogP contribution in [0.3, 0.4) is 0 Å². The molecule has 7 heteroatoms. The Hall–Kier alpha value is -2.83. The first-order chi connectivity index (χ1) is 10.5. The van der Waals surface area contributed by atoms with E-state index in [9.17, 15) is 14.0 Å². The maximum absolute atomic E-state index is 13.4. The summed E-state index contributed by atoms with van der Waals surface area (Å²) in [6.45, 7) is 3.13. The van der Waals surface area contributed by atoms with E-state index in [0.717, 1.165) is 0 Å². The Labute approximate surface area is 126 Å². The van der Waals surface area contributed by atoms with Crippen LogP contribution in [-0.4, -0.2) is 17.9 Å². The fourth-order valence-corrected chi connectivity index (χ4v) is 1.62. The number of carbonyl (C=O) groups excluding carboxylic acids is 2. The second kappa shape index (κ2) is 6.75. The smallest absolute Gasteiger partial charge is 0.305 e. The van der Waals surface area contributed by atoms with Crippen molar-refractivity contribution in [2.45, 2.75) is 20.0 Å². The Balaban J connectivity index is 1.86. The number of halogens is 1. The summed E-state index contributed by atoms with van der Waals surface area (Å²) in [4.78, 5) is 23.5. The molecule has 0 aliphatic rings. The van der Waals surface area contributed by atoms with Gasteiger partial charge in [-0.2, -0.15) is 0 Å². The van der Waals surface area contributed by atoms with Crippen molar-refractivity contribution < 1.29 is 23.1 Å². The molecule has 6 nitrogen and oxygen atoms in total. The summed E-state index contributed by atoms with van der Waals surface area (Å²) in [6.07, 6.45) is -0.990. The second-order valence-electron chi connectivity index (χ2n) is 4.54. The van der Waals surface area contributed by atoms with Crippen molar-refractivity contribution in [2.24, 2.45) is 0 Å². The minimum Gasteiger partial charge on any atom is -0.478 e. The first kappa shape index (κ1) is 15.6. The van der Waals surface area contributed by atoms with E-state index in [0.29, 0.717) is 5.76 Å². The lowest BCUT2D eigenvalue weighted by Crippen LogP contribution is -2.47. The van der Waals surface area contributed by atoms with Gasteiger partial charge < -0.3 is 9.15 Å². The summed E-state index contributed by atoms with van der Waals surface area (Å²) < 4.78 is 23.7. The second-order valence-corrected chi connectivity index (χ2v) is 4.54. The number of ether oxygens (including phenoxy) is 1. The summed E-state index contributed by atoms with van der Waals surface area (Å²) >= 11 is 0. The van der Waals surface area contributed by atoms with Crippen molar-refractivity contribution in [2.75, 3.05) is 0 Å². The first-order valence-electron chi connectivity index (χ1n) is 6.55. The van der Waals surface area contributed by atoms with Gasteiger partial charge in [0.15, 0.2) is 23.4 Å². The van der Waals surface area contributed by atoms with E-state index in [1.807, 2.05) is 0 Å². The van der Waals surface area contributed by atoms with E-state index in [4.69, 9.17) is 9.15 Å². The van der Waals surface area contributed by atoms with Crippen LogP contribution in [0.1, 0.15) is 23.2 Å². The van der Waals surface area contributed by atoms with Crippen molar-refractivity contribution in [1.29, 1.82) is 0 Å². The van der Waals surface area contributed by atoms with Crippen LogP contribution in [0, 0.1) is 12.7 Å². The number of benzene rings is 1. The quantitative estimate of drug-likeness (QED) is 0.846. The van der Waals surface area contributed by atoms with Gasteiger partial charge in [0.05, 0.1) is 0 Å². The van der Waals surface area contributed by atoms with E-state index >= 15 is 0 Å². The number of hydrazine groups is 1. The van der Waals surface area contributed by atoms with Gasteiger partial charge in [0, 0.05) is 0 Å². The van der Waals surface area contributed by atoms with Gasteiger partial charge in [-0.25, -0.2) is 4.39 Å². The van der Waals surface area contributed by atoms with Crippen LogP contribution < -0.4 is 15.6 Å². The summed E-state index contributed by atoms with van der Waals surface area (Å²) in [6, 6.07) is 8.84. The maximum Gasteiger partial charge on any atom is 0.305 e. The van der Waals surface area contributed by atoms with E-state index in [-0.39, 0.29) is 11.5 Å². The molecule has 1 atom stereocenters. The largest absolute Gasteiger partial charge is 0.478 e. The number of aryl methyl sites for hydroxylation is 1. The molecule has 116 valence electrons. The van der Waals surface area contributed by atoms with Crippen LogP contribution in [0.2, 0.25) is 0 Å². The summed E-state index contributed by atoms with van der Waals surface area (Å²) in [5.74, 6) is -1.19. The lowest BCUT2D eigenvalue weighted by atomic mass is 10.3. The van der Waals surface area contributed by atoms with Crippen molar-refractivity contribution in [3.05, 3.63) is 53.7 Å². The van der Waals surface area contributed by atoms with Gasteiger partial charge in [-0.3, -0.25) is 20.4 Å². The number of rotatable bonds is 4. The Kier molecular flexibility index (Phi) is 4.77. The highest BCUT2D eigenvalue weighted by Gasteiger charge is 2.18. The molecule has 1 aromatic heterocycles. The van der Waals surface area contributed by atoms with Crippen molar-refractivity contribution in [1.82, 2.24) is 10.9 Å². The molecule has 0 saturated heterocycles. The molecule has 0 radical (unpaired) electrons. The zero-order valence-electron chi connectivity index (χ0n) is 12.1. The Morgan fingerprint density at radius 1 is 1.18 bits per heavy atom. The van der Waals surface area contributed by atoms with Crippen LogP contribution in [0.15, 0.2) is 40.8 Å². The first-order valence-corrected chi connectivity index (χ1v) is 6.55. The van der Waals surface area contributed by atoms with Gasteiger partial charge in [0.2, 0.25) is 0 Å². The van der Waals surface area contributed by atoms with E-state index in [1.54, 1.807) is 19.1 Å². The van der Waals surface area contributed by atoms with Crippen molar-refractivity contribution in [3.8, 4) is 5.75 Å². The predicted octanol–water partition coefficient (Wildman–Crippen LogP) is 1.96.